The lowest BCUT2D eigenvalue weighted by molar-refractivity contribution is -0.130. The quantitative estimate of drug-likeness (QED) is 0.733. The Morgan fingerprint density at radius 2 is 1.74 bits per heavy atom. The van der Waals surface area contributed by atoms with Gasteiger partial charge in [0.05, 0.1) is 12.0 Å². The third-order valence-electron chi connectivity index (χ3n) is 4.68. The molecule has 6 nitrogen and oxygen atoms in total. The molecule has 0 spiro atoms. The van der Waals surface area contributed by atoms with Gasteiger partial charge in [-0.1, -0.05) is 46.3 Å². The number of hydrazine groups is 1. The minimum Gasteiger partial charge on any atom is -0.335 e. The molecule has 1 saturated heterocycles. The molecular weight excluding hydrogens is 410 g/mol. The molecule has 2 aromatic carbocycles. The molecule has 0 radical (unpaired) electrons. The van der Waals surface area contributed by atoms with Gasteiger partial charge in [-0.05, 0) is 36.8 Å². The van der Waals surface area contributed by atoms with Gasteiger partial charge in [0, 0.05) is 23.0 Å². The van der Waals surface area contributed by atoms with Gasteiger partial charge in [0.25, 0.3) is 5.91 Å². The van der Waals surface area contributed by atoms with Gasteiger partial charge in [-0.2, -0.15) is 0 Å². The molecule has 0 aliphatic carbocycles. The predicted molar refractivity (Wildman–Crippen MR) is 104 cm³/mol. The van der Waals surface area contributed by atoms with E-state index in [-0.39, 0.29) is 24.3 Å². The SMILES string of the molecule is C[C@H](c1ccccc1)N1C[C@H](C(=O)NNC(=O)c2ccc(Br)cc2)CC1=O. The second-order valence-electron chi connectivity index (χ2n) is 6.48. The third kappa shape index (κ3) is 4.54. The average molecular weight is 430 g/mol. The van der Waals surface area contributed by atoms with Crippen molar-refractivity contribution in [1.29, 1.82) is 0 Å². The summed E-state index contributed by atoms with van der Waals surface area (Å²) in [4.78, 5) is 38.5. The monoisotopic (exact) mass is 429 g/mol. The molecule has 2 atom stereocenters. The van der Waals surface area contributed by atoms with Crippen molar-refractivity contribution in [1.82, 2.24) is 15.8 Å². The van der Waals surface area contributed by atoms with Crippen LogP contribution < -0.4 is 10.9 Å². The van der Waals surface area contributed by atoms with Gasteiger partial charge in [0.15, 0.2) is 0 Å². The van der Waals surface area contributed by atoms with Crippen LogP contribution in [0.25, 0.3) is 0 Å². The van der Waals surface area contributed by atoms with Crippen LogP contribution in [-0.4, -0.2) is 29.2 Å². The lowest BCUT2D eigenvalue weighted by Gasteiger charge is -2.25. The Balaban J connectivity index is 1.56. The molecule has 140 valence electrons. The highest BCUT2D eigenvalue weighted by atomic mass is 79.9. The average Bonchev–Trinajstić information content (AvgIpc) is 3.08. The molecule has 0 bridgehead atoms. The Morgan fingerprint density at radius 3 is 2.41 bits per heavy atom. The van der Waals surface area contributed by atoms with E-state index in [9.17, 15) is 14.4 Å². The van der Waals surface area contributed by atoms with E-state index in [4.69, 9.17) is 0 Å². The summed E-state index contributed by atoms with van der Waals surface area (Å²) in [6, 6.07) is 16.4. The number of benzene rings is 2. The Morgan fingerprint density at radius 1 is 1.07 bits per heavy atom. The number of nitrogens with one attached hydrogen (secondary N) is 2. The maximum absolute atomic E-state index is 12.4. The molecule has 27 heavy (non-hydrogen) atoms. The summed E-state index contributed by atoms with van der Waals surface area (Å²) in [6.07, 6.45) is 0.136. The summed E-state index contributed by atoms with van der Waals surface area (Å²) in [6.45, 7) is 2.28. The Hall–Kier alpha value is -2.67. The van der Waals surface area contributed by atoms with Crippen LogP contribution >= 0.6 is 15.9 Å². The molecule has 3 amide bonds. The molecule has 2 aromatic rings. The van der Waals surface area contributed by atoms with E-state index in [1.807, 2.05) is 37.3 Å². The molecule has 1 aliphatic heterocycles. The van der Waals surface area contributed by atoms with E-state index in [0.29, 0.717) is 12.1 Å². The summed E-state index contributed by atoms with van der Waals surface area (Å²) in [5.41, 5.74) is 6.28. The molecule has 1 fully saturated rings. The van der Waals surface area contributed by atoms with Gasteiger partial charge in [-0.25, -0.2) is 0 Å². The predicted octanol–water partition coefficient (Wildman–Crippen LogP) is 2.82. The van der Waals surface area contributed by atoms with Crippen molar-refractivity contribution in [3.63, 3.8) is 0 Å². The van der Waals surface area contributed by atoms with Crippen LogP contribution in [-0.2, 0) is 9.59 Å². The number of hydrogen-bond acceptors (Lipinski definition) is 3. The molecule has 1 aliphatic rings. The lowest BCUT2D eigenvalue weighted by Crippen LogP contribution is -2.45. The first-order chi connectivity index (χ1) is 13.0. The fraction of sp³-hybridized carbons (Fsp3) is 0.250. The van der Waals surface area contributed by atoms with Crippen molar-refractivity contribution >= 4 is 33.7 Å². The van der Waals surface area contributed by atoms with Crippen molar-refractivity contribution in [2.75, 3.05) is 6.54 Å². The maximum atomic E-state index is 12.4. The van der Waals surface area contributed by atoms with Crippen LogP contribution in [0, 0.1) is 5.92 Å². The maximum Gasteiger partial charge on any atom is 0.269 e. The van der Waals surface area contributed by atoms with Gasteiger partial charge < -0.3 is 4.90 Å². The summed E-state index contributed by atoms with van der Waals surface area (Å²) >= 11 is 3.30. The second-order valence-corrected chi connectivity index (χ2v) is 7.40. The molecule has 3 rings (SSSR count). The molecule has 0 aromatic heterocycles. The Labute approximate surface area is 166 Å². The topological polar surface area (TPSA) is 78.5 Å². The first-order valence-electron chi connectivity index (χ1n) is 8.66. The van der Waals surface area contributed by atoms with E-state index in [1.54, 1.807) is 29.2 Å². The van der Waals surface area contributed by atoms with Crippen molar-refractivity contribution in [2.45, 2.75) is 19.4 Å². The zero-order valence-corrected chi connectivity index (χ0v) is 16.4. The lowest BCUT2D eigenvalue weighted by atomic mass is 10.1. The number of nitrogens with zero attached hydrogens (tertiary/aromatic N) is 1. The Bertz CT molecular complexity index is 839. The number of rotatable bonds is 4. The van der Waals surface area contributed by atoms with Crippen LogP contribution in [0.5, 0.6) is 0 Å². The Kier molecular flexibility index (Phi) is 5.91. The first-order valence-corrected chi connectivity index (χ1v) is 9.45. The number of halogens is 1. The summed E-state index contributed by atoms with van der Waals surface area (Å²) in [7, 11) is 0. The van der Waals surface area contributed by atoms with E-state index < -0.39 is 11.8 Å². The van der Waals surface area contributed by atoms with Crippen molar-refractivity contribution in [3.8, 4) is 0 Å². The minimum atomic E-state index is -0.492. The third-order valence-corrected chi connectivity index (χ3v) is 5.21. The zero-order chi connectivity index (χ0) is 19.4. The van der Waals surface area contributed by atoms with Crippen molar-refractivity contribution in [3.05, 3.63) is 70.2 Å². The minimum absolute atomic E-state index is 0.0641. The van der Waals surface area contributed by atoms with E-state index in [0.717, 1.165) is 10.0 Å². The molecule has 7 heteroatoms. The van der Waals surface area contributed by atoms with E-state index in [2.05, 4.69) is 26.8 Å². The summed E-state index contributed by atoms with van der Waals surface area (Å²) in [5, 5.41) is 0. The fourth-order valence-corrected chi connectivity index (χ4v) is 3.35. The van der Waals surface area contributed by atoms with Crippen LogP contribution in [0.3, 0.4) is 0 Å². The number of amides is 3. The van der Waals surface area contributed by atoms with Gasteiger partial charge in [-0.3, -0.25) is 25.2 Å². The van der Waals surface area contributed by atoms with Gasteiger partial charge in [0.1, 0.15) is 0 Å². The first kappa shape index (κ1) is 19.1. The molecule has 0 unspecified atom stereocenters. The molecule has 1 heterocycles. The summed E-state index contributed by atoms with van der Waals surface area (Å²) < 4.78 is 0.861. The highest BCUT2D eigenvalue weighted by molar-refractivity contribution is 9.10. The number of likely N-dealkylation sites (tertiary alicyclic amines) is 1. The van der Waals surface area contributed by atoms with E-state index in [1.165, 1.54) is 0 Å². The van der Waals surface area contributed by atoms with Gasteiger partial charge >= 0.3 is 0 Å². The highest BCUT2D eigenvalue weighted by Gasteiger charge is 2.37. The number of carbonyl (C=O) groups excluding carboxylic acids is 3. The van der Waals surface area contributed by atoms with Crippen LogP contribution in [0.1, 0.15) is 35.3 Å². The molecule has 0 saturated carbocycles. The van der Waals surface area contributed by atoms with Gasteiger partial charge in [0.2, 0.25) is 11.8 Å². The standard InChI is InChI=1S/C20H20BrN3O3/c1-13(14-5-3-2-4-6-14)24-12-16(11-18(24)25)20(27)23-22-19(26)15-7-9-17(21)10-8-15/h2-10,13,16H,11-12H2,1H3,(H,22,26)(H,23,27)/t13-,16-/m1/s1. The number of carbonyl (C=O) groups is 3. The number of hydrogen-bond donors (Lipinski definition) is 2. The molecular formula is C20H20BrN3O3. The van der Waals surface area contributed by atoms with Crippen LogP contribution in [0.15, 0.2) is 59.1 Å². The van der Waals surface area contributed by atoms with Gasteiger partial charge in [-0.15, -0.1) is 0 Å². The molecule has 2 N–H and O–H groups in total. The van der Waals surface area contributed by atoms with Crippen LogP contribution in [0.4, 0.5) is 0 Å². The van der Waals surface area contributed by atoms with Crippen molar-refractivity contribution in [2.24, 2.45) is 5.92 Å². The zero-order valence-electron chi connectivity index (χ0n) is 14.8. The smallest absolute Gasteiger partial charge is 0.269 e. The largest absolute Gasteiger partial charge is 0.335 e. The van der Waals surface area contributed by atoms with Crippen LogP contribution in [0.2, 0.25) is 0 Å². The fourth-order valence-electron chi connectivity index (χ4n) is 3.09. The highest BCUT2D eigenvalue weighted by Crippen LogP contribution is 2.28. The normalized spacial score (nSPS) is 17.5. The summed E-state index contributed by atoms with van der Waals surface area (Å²) in [5.74, 6) is -1.33. The van der Waals surface area contributed by atoms with Crippen molar-refractivity contribution < 1.29 is 14.4 Å². The van der Waals surface area contributed by atoms with E-state index >= 15 is 0 Å². The second kappa shape index (κ2) is 8.35.